The number of carbonyl (C=O) groups excluding carboxylic acids is 2. The predicted molar refractivity (Wildman–Crippen MR) is 102 cm³/mol. The number of aromatic nitrogens is 1. The summed E-state index contributed by atoms with van der Waals surface area (Å²) < 4.78 is 5.98. The minimum Gasteiger partial charge on any atom is -0.373 e. The maximum Gasteiger partial charge on any atom is 0.319 e. The van der Waals surface area contributed by atoms with E-state index in [1.165, 1.54) is 0 Å². The topological polar surface area (TPSA) is 66.0 Å². The Morgan fingerprint density at radius 2 is 1.96 bits per heavy atom. The second-order valence-electron chi connectivity index (χ2n) is 7.66. The number of hydrogen-bond donors (Lipinski definition) is 0. The summed E-state index contributed by atoms with van der Waals surface area (Å²) in [6, 6.07) is 3.92. The molecule has 2 fully saturated rings. The van der Waals surface area contributed by atoms with Crippen molar-refractivity contribution in [3.05, 3.63) is 30.1 Å². The van der Waals surface area contributed by atoms with Crippen LogP contribution >= 0.6 is 0 Å². The van der Waals surface area contributed by atoms with Gasteiger partial charge in [-0.15, -0.1) is 0 Å². The normalized spacial score (nSPS) is 21.2. The Kier molecular flexibility index (Phi) is 6.66. The maximum atomic E-state index is 12.9. The van der Waals surface area contributed by atoms with Gasteiger partial charge in [0.25, 0.3) is 0 Å². The molecule has 0 unspecified atom stereocenters. The minimum atomic E-state index is -0.0736. The van der Waals surface area contributed by atoms with E-state index < -0.39 is 0 Å². The van der Waals surface area contributed by atoms with E-state index in [1.54, 1.807) is 30.1 Å². The second-order valence-corrected chi connectivity index (χ2v) is 7.66. The van der Waals surface area contributed by atoms with E-state index in [-0.39, 0.29) is 24.0 Å². The Labute approximate surface area is 161 Å². The van der Waals surface area contributed by atoms with Crippen molar-refractivity contribution in [2.24, 2.45) is 5.92 Å². The molecule has 1 atom stereocenters. The highest BCUT2D eigenvalue weighted by molar-refractivity contribution is 5.81. The SMILES string of the molecule is CN(C)C(=O)N1CCC[C@@H](C(=O)N2CCC(OCc3cccnc3)CC2)C1. The zero-order valence-corrected chi connectivity index (χ0v) is 16.3. The Morgan fingerprint density at radius 3 is 2.63 bits per heavy atom. The van der Waals surface area contributed by atoms with Crippen molar-refractivity contribution in [2.75, 3.05) is 40.3 Å². The van der Waals surface area contributed by atoms with Gasteiger partial charge in [0.05, 0.1) is 18.6 Å². The first-order valence-corrected chi connectivity index (χ1v) is 9.80. The standard InChI is InChI=1S/C20H30N4O3/c1-22(2)20(26)24-10-4-6-17(14-24)19(25)23-11-7-18(8-12-23)27-15-16-5-3-9-21-13-16/h3,5,9,13,17-18H,4,6-8,10-12,14-15H2,1-2H3/t17-/m1/s1. The van der Waals surface area contributed by atoms with Crippen LogP contribution in [0.5, 0.6) is 0 Å². The van der Waals surface area contributed by atoms with Gasteiger partial charge in [-0.1, -0.05) is 6.07 Å². The zero-order chi connectivity index (χ0) is 19.2. The fraction of sp³-hybridized carbons (Fsp3) is 0.650. The van der Waals surface area contributed by atoms with Crippen LogP contribution in [0.2, 0.25) is 0 Å². The molecule has 148 valence electrons. The van der Waals surface area contributed by atoms with Gasteiger partial charge in [-0.25, -0.2) is 4.79 Å². The molecule has 0 radical (unpaired) electrons. The minimum absolute atomic E-state index is 0.00462. The number of piperidine rings is 2. The van der Waals surface area contributed by atoms with Crippen molar-refractivity contribution in [2.45, 2.75) is 38.4 Å². The molecule has 3 heterocycles. The van der Waals surface area contributed by atoms with E-state index >= 15 is 0 Å². The van der Waals surface area contributed by atoms with E-state index in [9.17, 15) is 9.59 Å². The predicted octanol–water partition coefficient (Wildman–Crippen LogP) is 1.98. The first-order chi connectivity index (χ1) is 13.0. The Bertz CT molecular complexity index is 629. The summed E-state index contributed by atoms with van der Waals surface area (Å²) >= 11 is 0. The van der Waals surface area contributed by atoms with E-state index in [1.807, 2.05) is 23.2 Å². The van der Waals surface area contributed by atoms with Gasteiger partial charge in [-0.3, -0.25) is 9.78 Å². The van der Waals surface area contributed by atoms with Gasteiger partial charge in [0, 0.05) is 52.7 Å². The molecule has 3 rings (SSSR count). The van der Waals surface area contributed by atoms with Crippen molar-refractivity contribution < 1.29 is 14.3 Å². The molecule has 0 bridgehead atoms. The number of ether oxygens (including phenoxy) is 1. The zero-order valence-electron chi connectivity index (χ0n) is 16.3. The lowest BCUT2D eigenvalue weighted by Crippen LogP contribution is -2.51. The lowest BCUT2D eigenvalue weighted by atomic mass is 9.95. The highest BCUT2D eigenvalue weighted by Crippen LogP contribution is 2.23. The first-order valence-electron chi connectivity index (χ1n) is 9.80. The monoisotopic (exact) mass is 374 g/mol. The van der Waals surface area contributed by atoms with Gasteiger partial charge < -0.3 is 19.4 Å². The number of likely N-dealkylation sites (tertiary alicyclic amines) is 2. The Morgan fingerprint density at radius 1 is 1.19 bits per heavy atom. The van der Waals surface area contributed by atoms with E-state index in [4.69, 9.17) is 4.74 Å². The summed E-state index contributed by atoms with van der Waals surface area (Å²) in [5.41, 5.74) is 1.07. The van der Waals surface area contributed by atoms with Crippen LogP contribution < -0.4 is 0 Å². The van der Waals surface area contributed by atoms with Crippen molar-refractivity contribution in [3.8, 4) is 0 Å². The first kappa shape index (κ1) is 19.6. The quantitative estimate of drug-likeness (QED) is 0.808. The van der Waals surface area contributed by atoms with Gasteiger partial charge in [-0.05, 0) is 37.3 Å². The fourth-order valence-electron chi connectivity index (χ4n) is 3.83. The summed E-state index contributed by atoms with van der Waals surface area (Å²) in [6.45, 7) is 3.30. The van der Waals surface area contributed by atoms with Crippen LogP contribution in [-0.4, -0.2) is 78.0 Å². The number of urea groups is 1. The maximum absolute atomic E-state index is 12.9. The van der Waals surface area contributed by atoms with E-state index in [0.29, 0.717) is 13.2 Å². The summed E-state index contributed by atoms with van der Waals surface area (Å²) in [6.07, 6.45) is 7.24. The average molecular weight is 374 g/mol. The van der Waals surface area contributed by atoms with Crippen LogP contribution in [-0.2, 0) is 16.1 Å². The van der Waals surface area contributed by atoms with Gasteiger partial charge in [0.2, 0.25) is 5.91 Å². The number of carbonyl (C=O) groups is 2. The number of amides is 3. The highest BCUT2D eigenvalue weighted by Gasteiger charge is 2.33. The largest absolute Gasteiger partial charge is 0.373 e. The number of rotatable bonds is 4. The van der Waals surface area contributed by atoms with Gasteiger partial charge in [0.1, 0.15) is 0 Å². The lowest BCUT2D eigenvalue weighted by Gasteiger charge is -2.38. The van der Waals surface area contributed by atoms with Gasteiger partial charge >= 0.3 is 6.03 Å². The van der Waals surface area contributed by atoms with E-state index in [2.05, 4.69) is 4.98 Å². The Balaban J connectivity index is 1.44. The van der Waals surface area contributed by atoms with Crippen molar-refractivity contribution in [3.63, 3.8) is 0 Å². The molecule has 27 heavy (non-hydrogen) atoms. The van der Waals surface area contributed by atoms with Crippen molar-refractivity contribution >= 4 is 11.9 Å². The third-order valence-corrected chi connectivity index (χ3v) is 5.39. The number of nitrogens with zero attached hydrogens (tertiary/aromatic N) is 4. The molecule has 1 aromatic rings. The van der Waals surface area contributed by atoms with Crippen LogP contribution in [0.3, 0.4) is 0 Å². The van der Waals surface area contributed by atoms with Crippen LogP contribution in [0.1, 0.15) is 31.2 Å². The summed E-state index contributed by atoms with van der Waals surface area (Å²) in [5.74, 6) is 0.118. The third-order valence-electron chi connectivity index (χ3n) is 5.39. The Hall–Kier alpha value is -2.15. The van der Waals surface area contributed by atoms with Gasteiger partial charge in [0.15, 0.2) is 0 Å². The summed E-state index contributed by atoms with van der Waals surface area (Å²) in [7, 11) is 3.51. The molecular formula is C20H30N4O3. The van der Waals surface area contributed by atoms with Crippen LogP contribution in [0.4, 0.5) is 4.79 Å². The molecule has 1 aromatic heterocycles. The van der Waals surface area contributed by atoms with Crippen LogP contribution in [0.25, 0.3) is 0 Å². The van der Waals surface area contributed by atoms with Crippen LogP contribution in [0, 0.1) is 5.92 Å². The molecule has 0 aromatic carbocycles. The summed E-state index contributed by atoms with van der Waals surface area (Å²) in [5, 5.41) is 0. The molecule has 7 heteroatoms. The van der Waals surface area contributed by atoms with Crippen molar-refractivity contribution in [1.82, 2.24) is 19.7 Å². The smallest absolute Gasteiger partial charge is 0.319 e. The molecule has 0 spiro atoms. The highest BCUT2D eigenvalue weighted by atomic mass is 16.5. The number of pyridine rings is 1. The number of hydrogen-bond acceptors (Lipinski definition) is 4. The molecule has 2 aliphatic heterocycles. The fourth-order valence-corrected chi connectivity index (χ4v) is 3.83. The molecule has 2 saturated heterocycles. The molecule has 7 nitrogen and oxygen atoms in total. The molecule has 0 aliphatic carbocycles. The average Bonchev–Trinajstić information content (AvgIpc) is 2.72. The molecule has 0 N–H and O–H groups in total. The lowest BCUT2D eigenvalue weighted by molar-refractivity contribution is -0.139. The van der Waals surface area contributed by atoms with Crippen molar-refractivity contribution in [1.29, 1.82) is 0 Å². The molecule has 0 saturated carbocycles. The second kappa shape index (κ2) is 9.17. The third kappa shape index (κ3) is 5.19. The van der Waals surface area contributed by atoms with E-state index in [0.717, 1.165) is 50.9 Å². The van der Waals surface area contributed by atoms with Crippen LogP contribution in [0.15, 0.2) is 24.5 Å². The summed E-state index contributed by atoms with van der Waals surface area (Å²) in [4.78, 5) is 34.5. The molecular weight excluding hydrogens is 344 g/mol. The molecule has 2 aliphatic rings. The molecule has 3 amide bonds. The van der Waals surface area contributed by atoms with Gasteiger partial charge in [-0.2, -0.15) is 0 Å².